The molecule has 0 aliphatic rings. The average Bonchev–Trinajstić information content (AvgIpc) is 2.79. The average molecular weight is 425 g/mol. The zero-order valence-electron chi connectivity index (χ0n) is 19.0. The van der Waals surface area contributed by atoms with Crippen molar-refractivity contribution in [3.05, 3.63) is 54.1 Å². The molecule has 0 aliphatic heterocycles. The second kappa shape index (κ2) is 14.4. The van der Waals surface area contributed by atoms with Crippen LogP contribution in [0.25, 0.3) is 11.1 Å². The number of esters is 2. The Hall–Kier alpha value is -2.62. The van der Waals surface area contributed by atoms with E-state index in [1.54, 1.807) is 12.1 Å². The first-order valence-corrected chi connectivity index (χ1v) is 11.7. The van der Waals surface area contributed by atoms with Gasteiger partial charge < -0.3 is 9.47 Å². The third-order valence-corrected chi connectivity index (χ3v) is 5.26. The number of benzene rings is 2. The van der Waals surface area contributed by atoms with Crippen molar-refractivity contribution in [1.29, 1.82) is 0 Å². The molecule has 0 unspecified atom stereocenters. The monoisotopic (exact) mass is 424 g/mol. The number of ether oxygens (including phenoxy) is 2. The van der Waals surface area contributed by atoms with Crippen molar-refractivity contribution in [3.8, 4) is 16.9 Å². The zero-order chi connectivity index (χ0) is 22.3. The highest BCUT2D eigenvalue weighted by Crippen LogP contribution is 2.23. The van der Waals surface area contributed by atoms with Gasteiger partial charge in [0.05, 0.1) is 12.2 Å². The van der Waals surface area contributed by atoms with E-state index in [1.807, 2.05) is 36.4 Å². The van der Waals surface area contributed by atoms with E-state index in [1.165, 1.54) is 32.1 Å². The van der Waals surface area contributed by atoms with Crippen LogP contribution in [0.4, 0.5) is 0 Å². The van der Waals surface area contributed by atoms with Crippen LogP contribution >= 0.6 is 0 Å². The lowest BCUT2D eigenvalue weighted by atomic mass is 10.0. The Bertz CT molecular complexity index is 778. The molecule has 0 atom stereocenters. The molecule has 4 heteroatoms. The predicted molar refractivity (Wildman–Crippen MR) is 125 cm³/mol. The van der Waals surface area contributed by atoms with Gasteiger partial charge >= 0.3 is 11.9 Å². The molecule has 0 radical (unpaired) electrons. The Labute approximate surface area is 187 Å². The number of carbonyl (C=O) groups excluding carboxylic acids is 2. The van der Waals surface area contributed by atoms with Crippen LogP contribution in [0.1, 0.15) is 88.4 Å². The number of unbranched alkanes of at least 4 members (excludes halogenated alkanes) is 7. The van der Waals surface area contributed by atoms with Crippen LogP contribution in [0, 0.1) is 0 Å². The molecule has 0 N–H and O–H groups in total. The highest BCUT2D eigenvalue weighted by Gasteiger charge is 2.08. The SMILES string of the molecule is CCCCCCCCCC(=O)Oc1ccc(-c2ccc(C(=O)OCCCC)cc2)cc1. The lowest BCUT2D eigenvalue weighted by molar-refractivity contribution is -0.134. The maximum absolute atomic E-state index is 12.0. The largest absolute Gasteiger partial charge is 0.462 e. The van der Waals surface area contributed by atoms with Gasteiger partial charge in [-0.2, -0.15) is 0 Å². The molecular weight excluding hydrogens is 388 g/mol. The molecule has 0 aliphatic carbocycles. The van der Waals surface area contributed by atoms with Crippen LogP contribution in [0.2, 0.25) is 0 Å². The van der Waals surface area contributed by atoms with E-state index >= 15 is 0 Å². The highest BCUT2D eigenvalue weighted by atomic mass is 16.5. The highest BCUT2D eigenvalue weighted by molar-refractivity contribution is 5.90. The lowest BCUT2D eigenvalue weighted by Crippen LogP contribution is -2.07. The van der Waals surface area contributed by atoms with Crippen LogP contribution in [-0.2, 0) is 9.53 Å². The molecule has 0 amide bonds. The third kappa shape index (κ3) is 9.37. The number of hydrogen-bond acceptors (Lipinski definition) is 4. The Morgan fingerprint density at radius 1 is 0.677 bits per heavy atom. The molecule has 2 aromatic rings. The Morgan fingerprint density at radius 2 is 1.23 bits per heavy atom. The van der Waals surface area contributed by atoms with Crippen LogP contribution in [-0.4, -0.2) is 18.5 Å². The van der Waals surface area contributed by atoms with E-state index in [2.05, 4.69) is 13.8 Å². The molecule has 0 saturated heterocycles. The smallest absolute Gasteiger partial charge is 0.338 e. The van der Waals surface area contributed by atoms with E-state index in [9.17, 15) is 9.59 Å². The molecule has 168 valence electrons. The van der Waals surface area contributed by atoms with Gasteiger partial charge in [0, 0.05) is 6.42 Å². The minimum Gasteiger partial charge on any atom is -0.462 e. The summed E-state index contributed by atoms with van der Waals surface area (Å²) in [7, 11) is 0. The summed E-state index contributed by atoms with van der Waals surface area (Å²) in [6, 6.07) is 14.8. The summed E-state index contributed by atoms with van der Waals surface area (Å²) in [6.07, 6.45) is 10.6. The van der Waals surface area contributed by atoms with Gasteiger partial charge in [-0.05, 0) is 48.2 Å². The molecule has 0 heterocycles. The van der Waals surface area contributed by atoms with Gasteiger partial charge in [0.25, 0.3) is 0 Å². The van der Waals surface area contributed by atoms with Crippen molar-refractivity contribution in [1.82, 2.24) is 0 Å². The van der Waals surface area contributed by atoms with Gasteiger partial charge in [0.1, 0.15) is 5.75 Å². The van der Waals surface area contributed by atoms with E-state index < -0.39 is 0 Å². The summed E-state index contributed by atoms with van der Waals surface area (Å²) in [5, 5.41) is 0. The summed E-state index contributed by atoms with van der Waals surface area (Å²) in [5.74, 6) is 0.100. The molecule has 0 aromatic heterocycles. The van der Waals surface area contributed by atoms with Crippen molar-refractivity contribution in [2.24, 2.45) is 0 Å². The molecule has 31 heavy (non-hydrogen) atoms. The van der Waals surface area contributed by atoms with E-state index in [0.29, 0.717) is 24.3 Å². The number of carbonyl (C=O) groups is 2. The van der Waals surface area contributed by atoms with E-state index in [-0.39, 0.29) is 11.9 Å². The summed E-state index contributed by atoms with van der Waals surface area (Å²) in [5.41, 5.74) is 2.54. The predicted octanol–water partition coefficient (Wildman–Crippen LogP) is 7.36. The third-order valence-electron chi connectivity index (χ3n) is 5.26. The van der Waals surface area contributed by atoms with Gasteiger partial charge in [0.15, 0.2) is 0 Å². The zero-order valence-corrected chi connectivity index (χ0v) is 19.0. The first-order valence-electron chi connectivity index (χ1n) is 11.7. The minimum absolute atomic E-state index is 0.174. The molecule has 2 aromatic carbocycles. The normalized spacial score (nSPS) is 10.6. The van der Waals surface area contributed by atoms with Crippen molar-refractivity contribution < 1.29 is 19.1 Å². The lowest BCUT2D eigenvalue weighted by Gasteiger charge is -2.07. The second-order valence-corrected chi connectivity index (χ2v) is 7.94. The van der Waals surface area contributed by atoms with Crippen LogP contribution in [0.5, 0.6) is 5.75 Å². The molecular formula is C27H36O4. The molecule has 0 bridgehead atoms. The van der Waals surface area contributed by atoms with Gasteiger partial charge in [0.2, 0.25) is 0 Å². The van der Waals surface area contributed by atoms with Gasteiger partial charge in [-0.1, -0.05) is 83.1 Å². The van der Waals surface area contributed by atoms with Gasteiger partial charge in [-0.25, -0.2) is 4.79 Å². The fourth-order valence-corrected chi connectivity index (χ4v) is 3.32. The Kier molecular flexibility index (Phi) is 11.4. The maximum atomic E-state index is 12.0. The Balaban J connectivity index is 1.77. The standard InChI is InChI=1S/C27H36O4/c1-3-5-7-8-9-10-11-12-26(28)31-25-19-17-23(18-20-25)22-13-15-24(16-14-22)27(29)30-21-6-4-2/h13-20H,3-12,21H2,1-2H3. The van der Waals surface area contributed by atoms with Crippen molar-refractivity contribution >= 4 is 11.9 Å². The van der Waals surface area contributed by atoms with E-state index in [4.69, 9.17) is 9.47 Å². The quantitative estimate of drug-likeness (QED) is 0.181. The molecule has 2 rings (SSSR count). The molecule has 4 nitrogen and oxygen atoms in total. The van der Waals surface area contributed by atoms with Crippen LogP contribution < -0.4 is 4.74 Å². The maximum Gasteiger partial charge on any atom is 0.338 e. The van der Waals surface area contributed by atoms with Gasteiger partial charge in [-0.15, -0.1) is 0 Å². The van der Waals surface area contributed by atoms with Crippen LogP contribution in [0.3, 0.4) is 0 Å². The summed E-state index contributed by atoms with van der Waals surface area (Å²) >= 11 is 0. The minimum atomic E-state index is -0.289. The first-order chi connectivity index (χ1) is 15.1. The Morgan fingerprint density at radius 3 is 1.84 bits per heavy atom. The summed E-state index contributed by atoms with van der Waals surface area (Å²) in [6.45, 7) is 4.73. The fraction of sp³-hybridized carbons (Fsp3) is 0.481. The number of rotatable bonds is 14. The van der Waals surface area contributed by atoms with Gasteiger partial charge in [-0.3, -0.25) is 4.79 Å². The first kappa shape index (κ1) is 24.6. The van der Waals surface area contributed by atoms with Crippen molar-refractivity contribution in [2.45, 2.75) is 78.1 Å². The molecule has 0 saturated carbocycles. The molecule has 0 spiro atoms. The van der Waals surface area contributed by atoms with Crippen molar-refractivity contribution in [2.75, 3.05) is 6.61 Å². The summed E-state index contributed by atoms with van der Waals surface area (Å²) < 4.78 is 10.7. The molecule has 0 fully saturated rings. The van der Waals surface area contributed by atoms with E-state index in [0.717, 1.165) is 36.8 Å². The van der Waals surface area contributed by atoms with Crippen LogP contribution in [0.15, 0.2) is 48.5 Å². The summed E-state index contributed by atoms with van der Waals surface area (Å²) in [4.78, 5) is 24.0. The van der Waals surface area contributed by atoms with Crippen molar-refractivity contribution in [3.63, 3.8) is 0 Å². The topological polar surface area (TPSA) is 52.6 Å². The second-order valence-electron chi connectivity index (χ2n) is 7.94. The number of hydrogen-bond donors (Lipinski definition) is 0. The fourth-order valence-electron chi connectivity index (χ4n) is 3.32.